The zero-order valence-electron chi connectivity index (χ0n) is 14.5. The van der Waals surface area contributed by atoms with E-state index in [4.69, 9.17) is 0 Å². The molecule has 3 rings (SSSR count). The summed E-state index contributed by atoms with van der Waals surface area (Å²) in [7, 11) is -3.05. The van der Waals surface area contributed by atoms with E-state index in [-0.39, 0.29) is 0 Å². The number of nitrogens with zero attached hydrogens (tertiary/aromatic N) is 2. The van der Waals surface area contributed by atoms with E-state index >= 15 is 0 Å². The fourth-order valence-corrected chi connectivity index (χ4v) is 7.04. The maximum atomic E-state index is 2.62. The van der Waals surface area contributed by atoms with Gasteiger partial charge in [-0.05, 0) is 24.3 Å². The number of hydrogen-bond acceptors (Lipinski definition) is 2. The predicted molar refractivity (Wildman–Crippen MR) is 104 cm³/mol. The summed E-state index contributed by atoms with van der Waals surface area (Å²) in [5.41, 5.74) is 5.51. The third-order valence-electron chi connectivity index (χ3n) is 4.07. The zero-order chi connectivity index (χ0) is 16.1. The largest absolute Gasteiger partial charge is 0.366 e. The highest BCUT2D eigenvalue weighted by molar-refractivity contribution is 6.84. The molecule has 0 spiro atoms. The summed E-state index contributed by atoms with van der Waals surface area (Å²) in [4.78, 5) is 0. The molecule has 22 heavy (non-hydrogen) atoms. The molecule has 0 amide bonds. The van der Waals surface area contributed by atoms with Gasteiger partial charge in [0.2, 0.25) is 0 Å². The van der Waals surface area contributed by atoms with Crippen molar-refractivity contribution in [3.05, 3.63) is 48.5 Å². The second kappa shape index (κ2) is 5.00. The second-order valence-electron chi connectivity index (χ2n) is 7.99. The van der Waals surface area contributed by atoms with Gasteiger partial charge in [-0.1, -0.05) is 63.5 Å². The molecule has 2 aromatic carbocycles. The molecule has 1 heterocycles. The molecular formula is C18H26N2Si2. The highest BCUT2D eigenvalue weighted by Crippen LogP contribution is 2.51. The van der Waals surface area contributed by atoms with Crippen LogP contribution in [0.4, 0.5) is 22.7 Å². The quantitative estimate of drug-likeness (QED) is 0.630. The lowest BCUT2D eigenvalue weighted by molar-refractivity contribution is 1.21. The Morgan fingerprint density at radius 3 is 0.909 bits per heavy atom. The molecule has 0 bridgehead atoms. The Kier molecular flexibility index (Phi) is 3.49. The molecule has 116 valence electrons. The van der Waals surface area contributed by atoms with Gasteiger partial charge in [0.05, 0.1) is 22.7 Å². The number of rotatable bonds is 2. The summed E-state index contributed by atoms with van der Waals surface area (Å²) in [5, 5.41) is 0. The fraction of sp³-hybridized carbons (Fsp3) is 0.333. The highest BCUT2D eigenvalue weighted by atomic mass is 28.3. The van der Waals surface area contributed by atoms with E-state index in [1.165, 1.54) is 22.7 Å². The van der Waals surface area contributed by atoms with Crippen LogP contribution in [-0.2, 0) is 0 Å². The lowest BCUT2D eigenvalue weighted by atomic mass is 10.1. The maximum Gasteiger partial charge on any atom is 0.153 e. The minimum Gasteiger partial charge on any atom is -0.366 e. The summed E-state index contributed by atoms with van der Waals surface area (Å²) in [6, 6.07) is 17.8. The van der Waals surface area contributed by atoms with E-state index in [9.17, 15) is 0 Å². The molecule has 2 nitrogen and oxygen atoms in total. The van der Waals surface area contributed by atoms with Crippen LogP contribution in [0.15, 0.2) is 48.5 Å². The Balaban J connectivity index is 2.34. The van der Waals surface area contributed by atoms with Gasteiger partial charge in [-0.2, -0.15) is 0 Å². The van der Waals surface area contributed by atoms with Crippen LogP contribution in [0, 0.1) is 0 Å². The van der Waals surface area contributed by atoms with Crippen molar-refractivity contribution in [1.29, 1.82) is 0 Å². The molecule has 0 saturated heterocycles. The van der Waals surface area contributed by atoms with Crippen molar-refractivity contribution in [2.45, 2.75) is 39.3 Å². The van der Waals surface area contributed by atoms with E-state index in [0.29, 0.717) is 0 Å². The first-order valence-electron chi connectivity index (χ1n) is 8.00. The monoisotopic (exact) mass is 326 g/mol. The average Bonchev–Trinajstić information content (AvgIpc) is 2.41. The molecule has 0 radical (unpaired) electrons. The molecule has 0 aromatic heterocycles. The minimum absolute atomic E-state index is 1.38. The van der Waals surface area contributed by atoms with Crippen molar-refractivity contribution in [2.24, 2.45) is 0 Å². The van der Waals surface area contributed by atoms with Crippen molar-refractivity contribution in [2.75, 3.05) is 9.13 Å². The normalized spacial score (nSPS) is 14.6. The van der Waals surface area contributed by atoms with Crippen LogP contribution in [0.1, 0.15) is 0 Å². The Hall–Kier alpha value is -1.53. The van der Waals surface area contributed by atoms with Gasteiger partial charge in [-0.3, -0.25) is 0 Å². The summed E-state index contributed by atoms with van der Waals surface area (Å²) in [5.74, 6) is 0. The van der Waals surface area contributed by atoms with Crippen LogP contribution < -0.4 is 9.13 Å². The molecule has 0 N–H and O–H groups in total. The number of fused-ring (bicyclic) bond motifs is 2. The van der Waals surface area contributed by atoms with Gasteiger partial charge < -0.3 is 9.13 Å². The molecule has 0 atom stereocenters. The summed E-state index contributed by atoms with van der Waals surface area (Å²) < 4.78 is 5.24. The topological polar surface area (TPSA) is 6.48 Å². The molecule has 4 heteroatoms. The average molecular weight is 327 g/mol. The van der Waals surface area contributed by atoms with Crippen LogP contribution in [-0.4, -0.2) is 16.5 Å². The van der Waals surface area contributed by atoms with Crippen molar-refractivity contribution in [3.63, 3.8) is 0 Å². The molecule has 0 fully saturated rings. The van der Waals surface area contributed by atoms with Crippen molar-refractivity contribution in [3.8, 4) is 0 Å². The summed E-state index contributed by atoms with van der Waals surface area (Å²) >= 11 is 0. The van der Waals surface area contributed by atoms with Crippen LogP contribution in [0.5, 0.6) is 0 Å². The molecule has 0 aliphatic carbocycles. The minimum atomic E-state index is -1.53. The van der Waals surface area contributed by atoms with Crippen molar-refractivity contribution in [1.82, 2.24) is 0 Å². The SMILES string of the molecule is C[Si](C)(C)N1c2ccccc2N([Si](C)(C)C)c2ccccc21. The summed E-state index contributed by atoms with van der Waals surface area (Å²) in [6.45, 7) is 14.5. The first-order chi connectivity index (χ1) is 10.2. The molecule has 2 aromatic rings. The van der Waals surface area contributed by atoms with E-state index in [0.717, 1.165) is 0 Å². The Labute approximate surface area is 136 Å². The van der Waals surface area contributed by atoms with E-state index in [1.54, 1.807) is 0 Å². The van der Waals surface area contributed by atoms with Gasteiger partial charge in [-0.15, -0.1) is 0 Å². The van der Waals surface area contributed by atoms with Gasteiger partial charge in [-0.25, -0.2) is 0 Å². The second-order valence-corrected chi connectivity index (χ2v) is 17.6. The lowest BCUT2D eigenvalue weighted by Crippen LogP contribution is -2.50. The Morgan fingerprint density at radius 1 is 0.500 bits per heavy atom. The maximum absolute atomic E-state index is 2.62. The number of hydrogen-bond donors (Lipinski definition) is 0. The number of anilines is 4. The molecule has 0 saturated carbocycles. The van der Waals surface area contributed by atoms with Gasteiger partial charge in [0.25, 0.3) is 0 Å². The molecule has 0 unspecified atom stereocenters. The first kappa shape index (κ1) is 15.4. The van der Waals surface area contributed by atoms with E-state index < -0.39 is 16.5 Å². The van der Waals surface area contributed by atoms with E-state index in [1.807, 2.05) is 0 Å². The van der Waals surface area contributed by atoms with Gasteiger partial charge in [0, 0.05) is 0 Å². The van der Waals surface area contributed by atoms with E-state index in [2.05, 4.69) is 96.9 Å². The van der Waals surface area contributed by atoms with Crippen LogP contribution >= 0.6 is 0 Å². The van der Waals surface area contributed by atoms with Gasteiger partial charge >= 0.3 is 0 Å². The molecule has 1 aliphatic rings. The third kappa shape index (κ3) is 2.40. The van der Waals surface area contributed by atoms with Crippen LogP contribution in [0.25, 0.3) is 0 Å². The smallest absolute Gasteiger partial charge is 0.153 e. The first-order valence-corrected chi connectivity index (χ1v) is 14.9. The van der Waals surface area contributed by atoms with Gasteiger partial charge in [0.15, 0.2) is 16.5 Å². The van der Waals surface area contributed by atoms with Crippen LogP contribution in [0.3, 0.4) is 0 Å². The lowest BCUT2D eigenvalue weighted by Gasteiger charge is -2.49. The van der Waals surface area contributed by atoms with Gasteiger partial charge in [0.1, 0.15) is 0 Å². The number of para-hydroxylation sites is 4. The summed E-state index contributed by atoms with van der Waals surface area (Å²) in [6.07, 6.45) is 0. The standard InChI is InChI=1S/C18H26N2Si2/c1-21(2,3)19-15-11-7-9-13-17(15)20(22(4,5)6)18-14-10-8-12-16(18)19/h7-14H,1-6H3. The molecular weight excluding hydrogens is 300 g/mol. The van der Waals surface area contributed by atoms with Crippen molar-refractivity contribution < 1.29 is 0 Å². The fourth-order valence-electron chi connectivity index (χ4n) is 3.39. The predicted octanol–water partition coefficient (Wildman–Crippen LogP) is 5.95. The third-order valence-corrected chi connectivity index (χ3v) is 7.72. The Bertz CT molecular complexity index is 591. The number of benzene rings is 2. The highest BCUT2D eigenvalue weighted by Gasteiger charge is 2.38. The van der Waals surface area contributed by atoms with Crippen molar-refractivity contribution >= 4 is 39.2 Å². The molecule has 1 aliphatic heterocycles. The Morgan fingerprint density at radius 2 is 0.727 bits per heavy atom. The zero-order valence-corrected chi connectivity index (χ0v) is 16.5. The van der Waals surface area contributed by atoms with Crippen LogP contribution in [0.2, 0.25) is 39.3 Å².